The Balaban J connectivity index is 1.59. The van der Waals surface area contributed by atoms with E-state index in [4.69, 9.17) is 0 Å². The molecule has 0 atom stereocenters. The van der Waals surface area contributed by atoms with Gasteiger partial charge in [0.25, 0.3) is 11.8 Å². The summed E-state index contributed by atoms with van der Waals surface area (Å²) in [6.45, 7) is 8.11. The summed E-state index contributed by atoms with van der Waals surface area (Å²) in [6, 6.07) is 6.85. The number of nitrogens with one attached hydrogen (secondary N) is 1. The lowest BCUT2D eigenvalue weighted by Crippen LogP contribution is -2.31. The largest absolute Gasteiger partial charge is 0.311 e. The van der Waals surface area contributed by atoms with Gasteiger partial charge in [-0.1, -0.05) is 15.9 Å². The number of anilines is 1. The molecule has 1 aliphatic heterocycles. The Morgan fingerprint density at radius 3 is 2.50 bits per heavy atom. The van der Waals surface area contributed by atoms with Gasteiger partial charge in [-0.25, -0.2) is 4.68 Å². The number of hydrogen-bond donors (Lipinski definition) is 1. The zero-order valence-corrected chi connectivity index (χ0v) is 18.0. The standard InChI is InChI=1S/C20H23BrN4O3/c1-12-10-16(25(23-12)20(2,3)4)22-17(26)6-5-9-24-18(27)14-8-7-13(21)11-15(14)19(24)28/h7-8,10-11H,5-6,9H2,1-4H3,(H,22,26). The van der Waals surface area contributed by atoms with Crippen LogP contribution in [0.2, 0.25) is 0 Å². The third-order valence-corrected chi connectivity index (χ3v) is 4.95. The van der Waals surface area contributed by atoms with Gasteiger partial charge < -0.3 is 5.32 Å². The van der Waals surface area contributed by atoms with E-state index in [1.807, 2.05) is 33.8 Å². The molecule has 3 rings (SSSR count). The minimum absolute atomic E-state index is 0.176. The van der Waals surface area contributed by atoms with Crippen LogP contribution in [0, 0.1) is 6.92 Å². The van der Waals surface area contributed by atoms with Crippen molar-refractivity contribution in [2.24, 2.45) is 0 Å². The number of fused-ring (bicyclic) bond motifs is 1. The topological polar surface area (TPSA) is 84.3 Å². The molecular formula is C20H23BrN4O3. The number of nitrogens with zero attached hydrogens (tertiary/aromatic N) is 3. The summed E-state index contributed by atoms with van der Waals surface area (Å²) >= 11 is 3.31. The van der Waals surface area contributed by atoms with E-state index in [0.717, 1.165) is 10.2 Å². The fourth-order valence-electron chi connectivity index (χ4n) is 3.17. The van der Waals surface area contributed by atoms with E-state index in [0.29, 0.717) is 23.4 Å². The number of carbonyl (C=O) groups excluding carboxylic acids is 3. The summed E-state index contributed by atoms with van der Waals surface area (Å²) in [7, 11) is 0. The Labute approximate surface area is 172 Å². The van der Waals surface area contributed by atoms with Crippen LogP contribution in [0.4, 0.5) is 5.82 Å². The van der Waals surface area contributed by atoms with E-state index in [9.17, 15) is 14.4 Å². The van der Waals surface area contributed by atoms with Crippen molar-refractivity contribution in [1.29, 1.82) is 0 Å². The predicted molar refractivity (Wildman–Crippen MR) is 109 cm³/mol. The van der Waals surface area contributed by atoms with Crippen molar-refractivity contribution in [1.82, 2.24) is 14.7 Å². The van der Waals surface area contributed by atoms with Crippen LogP contribution >= 0.6 is 15.9 Å². The van der Waals surface area contributed by atoms with Gasteiger partial charge in [0.05, 0.1) is 22.4 Å². The Morgan fingerprint density at radius 2 is 1.82 bits per heavy atom. The molecule has 0 spiro atoms. The second kappa shape index (κ2) is 7.50. The van der Waals surface area contributed by atoms with Crippen LogP contribution in [-0.2, 0) is 10.3 Å². The van der Waals surface area contributed by atoms with Crippen molar-refractivity contribution in [3.63, 3.8) is 0 Å². The summed E-state index contributed by atoms with van der Waals surface area (Å²) in [5, 5.41) is 7.31. The molecule has 0 saturated carbocycles. The molecular weight excluding hydrogens is 424 g/mol. The Hall–Kier alpha value is -2.48. The maximum absolute atomic E-state index is 12.5. The summed E-state index contributed by atoms with van der Waals surface area (Å²) in [5.74, 6) is -0.164. The Bertz CT molecular complexity index is 959. The molecule has 1 aliphatic rings. The Morgan fingerprint density at radius 1 is 1.14 bits per heavy atom. The van der Waals surface area contributed by atoms with Gasteiger partial charge in [0.1, 0.15) is 5.82 Å². The van der Waals surface area contributed by atoms with Gasteiger partial charge in [0, 0.05) is 23.5 Å². The SMILES string of the molecule is Cc1cc(NC(=O)CCCN2C(=O)c3ccc(Br)cc3C2=O)n(C(C)(C)C)n1. The van der Waals surface area contributed by atoms with Gasteiger partial charge >= 0.3 is 0 Å². The van der Waals surface area contributed by atoms with E-state index >= 15 is 0 Å². The van der Waals surface area contributed by atoms with Crippen LogP contribution < -0.4 is 5.32 Å². The van der Waals surface area contributed by atoms with Gasteiger partial charge in [-0.2, -0.15) is 5.10 Å². The monoisotopic (exact) mass is 446 g/mol. The van der Waals surface area contributed by atoms with Crippen LogP contribution in [0.25, 0.3) is 0 Å². The van der Waals surface area contributed by atoms with Gasteiger partial charge in [-0.3, -0.25) is 19.3 Å². The quantitative estimate of drug-likeness (QED) is 0.709. The maximum atomic E-state index is 12.5. The predicted octanol–water partition coefficient (Wildman–Crippen LogP) is 3.72. The number of amides is 3. The second-order valence-corrected chi connectivity index (χ2v) is 8.77. The lowest BCUT2D eigenvalue weighted by molar-refractivity contribution is -0.116. The molecule has 1 N–H and O–H groups in total. The molecule has 0 radical (unpaired) electrons. The molecule has 7 nitrogen and oxygen atoms in total. The minimum Gasteiger partial charge on any atom is -0.311 e. The molecule has 0 saturated heterocycles. The molecule has 2 heterocycles. The van der Waals surface area contributed by atoms with Gasteiger partial charge in [-0.05, 0) is 52.3 Å². The average molecular weight is 447 g/mol. The summed E-state index contributed by atoms with van der Waals surface area (Å²) in [4.78, 5) is 38.4. The fraction of sp³-hybridized carbons (Fsp3) is 0.400. The molecule has 0 unspecified atom stereocenters. The van der Waals surface area contributed by atoms with Crippen molar-refractivity contribution in [3.05, 3.63) is 45.6 Å². The summed E-state index contributed by atoms with van der Waals surface area (Å²) < 4.78 is 2.53. The maximum Gasteiger partial charge on any atom is 0.261 e. The highest BCUT2D eigenvalue weighted by molar-refractivity contribution is 9.10. The van der Waals surface area contributed by atoms with Gasteiger partial charge in [0.2, 0.25) is 5.91 Å². The summed E-state index contributed by atoms with van der Waals surface area (Å²) in [6.07, 6.45) is 0.590. The van der Waals surface area contributed by atoms with E-state index in [-0.39, 0.29) is 36.2 Å². The molecule has 3 amide bonds. The smallest absolute Gasteiger partial charge is 0.261 e. The second-order valence-electron chi connectivity index (χ2n) is 7.86. The number of aromatic nitrogens is 2. The number of imide groups is 1. The first-order valence-electron chi connectivity index (χ1n) is 9.10. The van der Waals surface area contributed by atoms with Crippen molar-refractivity contribution in [3.8, 4) is 0 Å². The van der Waals surface area contributed by atoms with Crippen molar-refractivity contribution < 1.29 is 14.4 Å². The molecule has 2 aromatic rings. The van der Waals surface area contributed by atoms with Crippen LogP contribution in [0.5, 0.6) is 0 Å². The lowest BCUT2D eigenvalue weighted by Gasteiger charge is -2.22. The number of aryl methyl sites for hydroxylation is 1. The molecule has 1 aromatic carbocycles. The normalized spacial score (nSPS) is 13.8. The van der Waals surface area contributed by atoms with E-state index in [2.05, 4.69) is 26.3 Å². The van der Waals surface area contributed by atoms with E-state index in [1.165, 1.54) is 4.90 Å². The molecule has 148 valence electrons. The highest BCUT2D eigenvalue weighted by Crippen LogP contribution is 2.26. The molecule has 0 aliphatic carbocycles. The first-order chi connectivity index (χ1) is 13.1. The van der Waals surface area contributed by atoms with Gasteiger partial charge in [0.15, 0.2) is 0 Å². The zero-order valence-electron chi connectivity index (χ0n) is 16.4. The van der Waals surface area contributed by atoms with E-state index < -0.39 is 0 Å². The molecule has 0 bridgehead atoms. The number of halogens is 1. The lowest BCUT2D eigenvalue weighted by atomic mass is 10.1. The summed E-state index contributed by atoms with van der Waals surface area (Å²) in [5.41, 5.74) is 1.36. The average Bonchev–Trinajstić information content (AvgIpc) is 3.07. The first-order valence-corrected chi connectivity index (χ1v) is 9.90. The minimum atomic E-state index is -0.317. The van der Waals surface area contributed by atoms with Gasteiger partial charge in [-0.15, -0.1) is 0 Å². The molecule has 1 aromatic heterocycles. The zero-order chi connectivity index (χ0) is 20.6. The Kier molecular flexibility index (Phi) is 5.43. The number of carbonyl (C=O) groups is 3. The van der Waals surface area contributed by atoms with Crippen molar-refractivity contribution in [2.75, 3.05) is 11.9 Å². The number of rotatable bonds is 5. The number of benzene rings is 1. The van der Waals surface area contributed by atoms with Crippen molar-refractivity contribution >= 4 is 39.5 Å². The fourth-order valence-corrected chi connectivity index (χ4v) is 3.53. The van der Waals surface area contributed by atoms with Crippen LogP contribution in [-0.4, -0.2) is 38.9 Å². The van der Waals surface area contributed by atoms with Crippen LogP contribution in [0.3, 0.4) is 0 Å². The highest BCUT2D eigenvalue weighted by atomic mass is 79.9. The first kappa shape index (κ1) is 20.3. The third kappa shape index (κ3) is 4.01. The number of hydrogen-bond acceptors (Lipinski definition) is 4. The van der Waals surface area contributed by atoms with Crippen molar-refractivity contribution in [2.45, 2.75) is 46.1 Å². The van der Waals surface area contributed by atoms with Crippen LogP contribution in [0.15, 0.2) is 28.7 Å². The van der Waals surface area contributed by atoms with Crippen LogP contribution in [0.1, 0.15) is 60.0 Å². The van der Waals surface area contributed by atoms with E-state index in [1.54, 1.807) is 22.9 Å². The highest BCUT2D eigenvalue weighted by Gasteiger charge is 2.35. The molecule has 28 heavy (non-hydrogen) atoms. The third-order valence-electron chi connectivity index (χ3n) is 4.45. The molecule has 8 heteroatoms. The molecule has 0 fully saturated rings.